The number of carbonyl (C=O) groups excluding carboxylic acids is 4. The van der Waals surface area contributed by atoms with Gasteiger partial charge in [0.15, 0.2) is 12.2 Å². The van der Waals surface area contributed by atoms with Gasteiger partial charge in [-0.25, -0.2) is 9.13 Å². The molecular weight excluding hydrogens is 1390 g/mol. The molecule has 0 bridgehead atoms. The van der Waals surface area contributed by atoms with Crippen molar-refractivity contribution in [1.29, 1.82) is 0 Å². The van der Waals surface area contributed by atoms with Crippen molar-refractivity contribution in [3.05, 3.63) is 0 Å². The summed E-state index contributed by atoms with van der Waals surface area (Å²) in [6.45, 7) is 9.66. The van der Waals surface area contributed by atoms with Gasteiger partial charge in [-0.05, 0) is 37.5 Å². The smallest absolute Gasteiger partial charge is 0.462 e. The number of phosphoric acid groups is 2. The van der Waals surface area contributed by atoms with E-state index in [1.807, 2.05) is 0 Å². The van der Waals surface area contributed by atoms with E-state index in [2.05, 4.69) is 41.5 Å². The van der Waals surface area contributed by atoms with Crippen LogP contribution in [-0.2, 0) is 65.4 Å². The molecule has 0 rings (SSSR count). The molecule has 636 valence electrons. The number of phosphoric ester groups is 2. The molecule has 19 heteroatoms. The number of hydrogen-bond donors (Lipinski definition) is 3. The van der Waals surface area contributed by atoms with E-state index < -0.39 is 97.5 Å². The van der Waals surface area contributed by atoms with Gasteiger partial charge in [-0.1, -0.05) is 420 Å². The Hall–Kier alpha value is -1.94. The van der Waals surface area contributed by atoms with Crippen molar-refractivity contribution in [3.63, 3.8) is 0 Å². The number of rotatable bonds is 87. The monoisotopic (exact) mass is 1560 g/mol. The maximum absolute atomic E-state index is 13.2. The van der Waals surface area contributed by atoms with Crippen LogP contribution in [0.15, 0.2) is 0 Å². The molecule has 5 atom stereocenters. The molecule has 17 nitrogen and oxygen atoms in total. The van der Waals surface area contributed by atoms with Crippen molar-refractivity contribution in [2.75, 3.05) is 39.6 Å². The summed E-state index contributed by atoms with van der Waals surface area (Å²) in [6.07, 6.45) is 72.4. The van der Waals surface area contributed by atoms with E-state index >= 15 is 0 Å². The first-order valence-electron chi connectivity index (χ1n) is 45.5. The van der Waals surface area contributed by atoms with Crippen molar-refractivity contribution in [2.24, 2.45) is 11.8 Å². The van der Waals surface area contributed by atoms with Gasteiger partial charge >= 0.3 is 39.5 Å². The van der Waals surface area contributed by atoms with E-state index in [9.17, 15) is 43.2 Å². The van der Waals surface area contributed by atoms with Crippen LogP contribution in [0.1, 0.15) is 472 Å². The zero-order valence-electron chi connectivity index (χ0n) is 70.5. The predicted molar refractivity (Wildman–Crippen MR) is 442 cm³/mol. The Morgan fingerprint density at radius 3 is 0.636 bits per heavy atom. The zero-order valence-corrected chi connectivity index (χ0v) is 72.2. The lowest BCUT2D eigenvalue weighted by atomic mass is 10.0. The van der Waals surface area contributed by atoms with Gasteiger partial charge in [0.05, 0.1) is 26.4 Å². The molecule has 0 saturated carbocycles. The fourth-order valence-electron chi connectivity index (χ4n) is 13.8. The van der Waals surface area contributed by atoms with Crippen LogP contribution < -0.4 is 0 Å². The Morgan fingerprint density at radius 1 is 0.252 bits per heavy atom. The van der Waals surface area contributed by atoms with Gasteiger partial charge in [0.1, 0.15) is 19.3 Å². The first-order valence-corrected chi connectivity index (χ1v) is 48.5. The second-order valence-electron chi connectivity index (χ2n) is 32.6. The average Bonchev–Trinajstić information content (AvgIpc) is 0.904. The van der Waals surface area contributed by atoms with Gasteiger partial charge in [-0.3, -0.25) is 37.3 Å². The summed E-state index contributed by atoms with van der Waals surface area (Å²) in [7, 11) is -9.93. The number of esters is 4. The summed E-state index contributed by atoms with van der Waals surface area (Å²) < 4.78 is 69.0. The summed E-state index contributed by atoms with van der Waals surface area (Å²) in [5, 5.41) is 10.7. The second kappa shape index (κ2) is 79.3. The summed E-state index contributed by atoms with van der Waals surface area (Å²) in [5.41, 5.74) is 0. The molecule has 0 aliphatic carbocycles. The summed E-state index contributed by atoms with van der Waals surface area (Å²) in [6, 6.07) is 0. The van der Waals surface area contributed by atoms with Gasteiger partial charge < -0.3 is 33.8 Å². The summed E-state index contributed by atoms with van der Waals surface area (Å²) in [4.78, 5) is 73.3. The van der Waals surface area contributed by atoms with E-state index in [4.69, 9.17) is 37.0 Å². The molecule has 0 aliphatic heterocycles. The molecule has 107 heavy (non-hydrogen) atoms. The van der Waals surface area contributed by atoms with Crippen LogP contribution >= 0.6 is 15.6 Å². The van der Waals surface area contributed by atoms with E-state index in [0.29, 0.717) is 25.7 Å². The predicted octanol–water partition coefficient (Wildman–Crippen LogP) is 27.0. The van der Waals surface area contributed by atoms with E-state index in [0.717, 1.165) is 102 Å². The van der Waals surface area contributed by atoms with Crippen molar-refractivity contribution in [1.82, 2.24) is 0 Å². The van der Waals surface area contributed by atoms with Crippen LogP contribution in [0.4, 0.5) is 0 Å². The molecule has 3 N–H and O–H groups in total. The van der Waals surface area contributed by atoms with Gasteiger partial charge in [-0.2, -0.15) is 0 Å². The maximum atomic E-state index is 13.2. The van der Waals surface area contributed by atoms with Crippen molar-refractivity contribution >= 4 is 39.5 Å². The molecule has 0 amide bonds. The number of ether oxygens (including phenoxy) is 4. The fourth-order valence-corrected chi connectivity index (χ4v) is 15.4. The normalized spacial score (nSPS) is 13.8. The molecular formula is C88H172O17P2. The minimum atomic E-state index is -4.97. The number of carbonyl (C=O) groups is 4. The lowest BCUT2D eigenvalue weighted by molar-refractivity contribution is -0.161. The first kappa shape index (κ1) is 105. The lowest BCUT2D eigenvalue weighted by Gasteiger charge is -2.21. The molecule has 0 aromatic rings. The number of hydrogen-bond acceptors (Lipinski definition) is 15. The summed E-state index contributed by atoms with van der Waals surface area (Å²) in [5.74, 6) is -0.592. The Labute approximate surface area is 658 Å². The van der Waals surface area contributed by atoms with Crippen LogP contribution in [0.3, 0.4) is 0 Å². The molecule has 2 unspecified atom stereocenters. The van der Waals surface area contributed by atoms with Crippen LogP contribution in [0.2, 0.25) is 0 Å². The van der Waals surface area contributed by atoms with Gasteiger partial charge in [-0.15, -0.1) is 0 Å². The minimum Gasteiger partial charge on any atom is -0.462 e. The minimum absolute atomic E-state index is 0.106. The molecule has 0 heterocycles. The van der Waals surface area contributed by atoms with E-state index in [1.165, 1.54) is 289 Å². The highest BCUT2D eigenvalue weighted by molar-refractivity contribution is 7.47. The number of aliphatic hydroxyl groups is 1. The Balaban J connectivity index is 5.24. The topological polar surface area (TPSA) is 237 Å². The number of aliphatic hydroxyl groups excluding tert-OH is 1. The molecule has 0 aliphatic rings. The molecule has 0 spiro atoms. The van der Waals surface area contributed by atoms with Crippen LogP contribution in [0.5, 0.6) is 0 Å². The van der Waals surface area contributed by atoms with Gasteiger partial charge in [0.25, 0.3) is 0 Å². The third-order valence-corrected chi connectivity index (χ3v) is 22.6. The molecule has 0 aromatic heterocycles. The standard InChI is InChI=1S/C88H172O17P2/c1-7-9-11-13-15-17-19-21-23-25-27-29-31-33-35-37-41-47-54-60-66-72-87(92)104-83(76-98-85(90)70-64-58-52-46-40-36-34-32-30-28-26-24-22-20-18-16-14-12-10-8-2)78-102-106(94,95)100-74-82(89)75-101-107(96,97)103-79-84(77-99-86(91)71-65-59-53-49-43-45-51-57-63-69-81(5)6)105-88(93)73-67-61-55-48-42-38-39-44-50-56-62-68-80(3)4/h80-84,89H,7-79H2,1-6H3,(H,94,95)(H,96,97)/t82-,83-,84-/m1/s1. The lowest BCUT2D eigenvalue weighted by Crippen LogP contribution is -2.30. The Morgan fingerprint density at radius 2 is 0.430 bits per heavy atom. The Kier molecular flexibility index (Phi) is 77.9. The highest BCUT2D eigenvalue weighted by Gasteiger charge is 2.30. The zero-order chi connectivity index (χ0) is 78.5. The van der Waals surface area contributed by atoms with Crippen LogP contribution in [-0.4, -0.2) is 96.7 Å². The third-order valence-electron chi connectivity index (χ3n) is 20.7. The first-order chi connectivity index (χ1) is 51.9. The van der Waals surface area contributed by atoms with Gasteiger partial charge in [0.2, 0.25) is 0 Å². The molecule has 0 saturated heterocycles. The quantitative estimate of drug-likeness (QED) is 0.0222. The largest absolute Gasteiger partial charge is 0.472 e. The van der Waals surface area contributed by atoms with Crippen molar-refractivity contribution in [2.45, 2.75) is 490 Å². The van der Waals surface area contributed by atoms with Crippen molar-refractivity contribution < 1.29 is 80.2 Å². The molecule has 0 radical (unpaired) electrons. The summed E-state index contributed by atoms with van der Waals surface area (Å²) >= 11 is 0. The maximum Gasteiger partial charge on any atom is 0.472 e. The SMILES string of the molecule is CCCCCCCCCCCCCCCCCCCCCCCC(=O)O[C@H](COC(=O)CCCCCCCCCCCCCCCCCCCCCC)COP(=O)(O)OC[C@@H](O)COP(=O)(O)OC[C@@H](COC(=O)CCCCCCCCCCCC(C)C)OC(=O)CCCCCCCCCCCCCC(C)C. The van der Waals surface area contributed by atoms with Crippen LogP contribution in [0, 0.1) is 11.8 Å². The second-order valence-corrected chi connectivity index (χ2v) is 35.5. The van der Waals surface area contributed by atoms with Crippen molar-refractivity contribution in [3.8, 4) is 0 Å². The van der Waals surface area contributed by atoms with E-state index in [-0.39, 0.29) is 25.7 Å². The van der Waals surface area contributed by atoms with E-state index in [1.54, 1.807) is 0 Å². The number of unbranched alkanes of at least 4 members (excludes halogenated alkanes) is 57. The van der Waals surface area contributed by atoms with Gasteiger partial charge in [0, 0.05) is 25.7 Å². The highest BCUT2D eigenvalue weighted by Crippen LogP contribution is 2.45. The Bertz CT molecular complexity index is 2050. The van der Waals surface area contributed by atoms with Crippen LogP contribution in [0.25, 0.3) is 0 Å². The molecule has 0 fully saturated rings. The third kappa shape index (κ3) is 81.9. The fraction of sp³-hybridized carbons (Fsp3) is 0.955. The highest BCUT2D eigenvalue weighted by atomic mass is 31.2. The molecule has 0 aromatic carbocycles. The average molecular weight is 1560 g/mol.